The van der Waals surface area contributed by atoms with Gasteiger partial charge in [0.25, 0.3) is 0 Å². The van der Waals surface area contributed by atoms with E-state index in [9.17, 15) is 0 Å². The van der Waals surface area contributed by atoms with Crippen LogP contribution in [-0.4, -0.2) is 0 Å². The van der Waals surface area contributed by atoms with Gasteiger partial charge in [-0.1, -0.05) is 226 Å². The van der Waals surface area contributed by atoms with E-state index in [1.54, 1.807) is 11.1 Å². The van der Waals surface area contributed by atoms with Crippen LogP contribution in [-0.2, 0) is 0 Å². The molecule has 0 spiro atoms. The monoisotopic (exact) mass is 1190 g/mol. The van der Waals surface area contributed by atoms with Crippen molar-refractivity contribution in [2.75, 3.05) is 0 Å². The summed E-state index contributed by atoms with van der Waals surface area (Å²) in [7, 11) is 0. The van der Waals surface area contributed by atoms with Gasteiger partial charge in [0.1, 0.15) is 0 Å². The minimum absolute atomic E-state index is 0.995. The lowest BCUT2D eigenvalue weighted by atomic mass is 10.0. The van der Waals surface area contributed by atoms with Crippen molar-refractivity contribution in [1.82, 2.24) is 0 Å². The molecule has 0 aliphatic rings. The highest BCUT2D eigenvalue weighted by Gasteiger charge is 1.98. The van der Waals surface area contributed by atoms with Gasteiger partial charge in [0, 0.05) is 0 Å². The molecule has 0 aromatic carbocycles. The van der Waals surface area contributed by atoms with Gasteiger partial charge in [0.2, 0.25) is 0 Å². The molecule has 87 heavy (non-hydrogen) atoms. The first-order valence-corrected chi connectivity index (χ1v) is 33.7. The van der Waals surface area contributed by atoms with Crippen LogP contribution in [0.1, 0.15) is 299 Å². The summed E-state index contributed by atoms with van der Waals surface area (Å²) in [6.45, 7) is 71.4. The summed E-state index contributed by atoms with van der Waals surface area (Å²) in [6, 6.07) is 0. The first-order chi connectivity index (χ1) is 41.4. The number of allylic oxidation sites excluding steroid dienone is 35. The summed E-state index contributed by atoms with van der Waals surface area (Å²) >= 11 is 0. The highest BCUT2D eigenvalue weighted by molar-refractivity contribution is 5.15. The molecule has 0 saturated carbocycles. The van der Waals surface area contributed by atoms with Crippen molar-refractivity contribution in [2.45, 2.75) is 299 Å². The summed E-state index contributed by atoms with van der Waals surface area (Å²) in [5.41, 5.74) is 20.7. The van der Waals surface area contributed by atoms with Gasteiger partial charge in [-0.25, -0.2) is 0 Å². The lowest BCUT2D eigenvalue weighted by molar-refractivity contribution is 0.888. The summed E-state index contributed by atoms with van der Waals surface area (Å²) < 4.78 is 0. The van der Waals surface area contributed by atoms with Gasteiger partial charge in [-0.3, -0.25) is 0 Å². The Morgan fingerprint density at radius 2 is 0.586 bits per heavy atom. The number of hydrogen-bond donors (Lipinski definition) is 0. The normalized spacial score (nSPS) is 12.6. The van der Waals surface area contributed by atoms with Crippen LogP contribution in [0, 0.1) is 0 Å². The summed E-state index contributed by atoms with van der Waals surface area (Å²) in [6.07, 6.45) is 72.2. The van der Waals surface area contributed by atoms with E-state index < -0.39 is 0 Å². The van der Waals surface area contributed by atoms with Crippen molar-refractivity contribution in [3.8, 4) is 0 Å². The molecule has 0 N–H and O–H groups in total. The van der Waals surface area contributed by atoms with Gasteiger partial charge in [0.05, 0.1) is 0 Å². The van der Waals surface area contributed by atoms with Gasteiger partial charge in [-0.05, 0) is 279 Å². The Balaban J connectivity index is -0.000000172. The molecule has 0 unspecified atom stereocenters. The molecule has 0 aromatic rings. The summed E-state index contributed by atoms with van der Waals surface area (Å²) in [4.78, 5) is 0. The Hall–Kier alpha value is -5.46. The maximum Gasteiger partial charge on any atom is -0.0142 e. The van der Waals surface area contributed by atoms with E-state index >= 15 is 0 Å². The first-order valence-electron chi connectivity index (χ1n) is 33.7. The molecule has 0 heteroatoms. The minimum atomic E-state index is 0.995. The second kappa shape index (κ2) is 76.6. The molecule has 0 aromatic heterocycles. The van der Waals surface area contributed by atoms with E-state index in [0.29, 0.717) is 0 Å². The quantitative estimate of drug-likeness (QED) is 0.0541. The predicted octanol–water partition coefficient (Wildman–Crippen LogP) is 31.0. The molecule has 0 bridgehead atoms. The lowest BCUT2D eigenvalue weighted by Gasteiger charge is -2.05. The number of hydrogen-bond acceptors (Lipinski definition) is 0. The van der Waals surface area contributed by atoms with E-state index in [4.69, 9.17) is 0 Å². The third kappa shape index (κ3) is 87.1. The van der Waals surface area contributed by atoms with Crippen molar-refractivity contribution in [2.24, 2.45) is 0 Å². The molecule has 0 amide bonds. The van der Waals surface area contributed by atoms with Crippen LogP contribution in [0.3, 0.4) is 0 Å². The van der Waals surface area contributed by atoms with Crippen LogP contribution >= 0.6 is 0 Å². The van der Waals surface area contributed by atoms with Crippen LogP contribution < -0.4 is 0 Å². The third-order valence-electron chi connectivity index (χ3n) is 14.6. The highest BCUT2D eigenvalue weighted by atomic mass is 14.0. The molecule has 494 valence electrons. The van der Waals surface area contributed by atoms with E-state index in [0.717, 1.165) is 57.8 Å². The predicted molar refractivity (Wildman–Crippen MR) is 415 cm³/mol. The molecule has 0 fully saturated rings. The second-order valence-corrected chi connectivity index (χ2v) is 23.4. The Labute approximate surface area is 548 Å². The molecule has 0 atom stereocenters. The third-order valence-corrected chi connectivity index (χ3v) is 14.6. The Kier molecular flexibility index (Phi) is 83.9. The van der Waals surface area contributed by atoms with E-state index in [-0.39, 0.29) is 0 Å². The number of rotatable bonds is 38. The van der Waals surface area contributed by atoms with Crippen molar-refractivity contribution < 1.29 is 0 Å². The highest BCUT2D eigenvalue weighted by Crippen LogP contribution is 2.18. The first kappa shape index (κ1) is 95.2. The van der Waals surface area contributed by atoms with Crippen molar-refractivity contribution in [3.05, 3.63) is 252 Å². The molecular weight excluding hydrogens is 1040 g/mol. The molecule has 0 rings (SSSR count). The van der Waals surface area contributed by atoms with E-state index in [1.165, 1.54) is 163 Å². The summed E-state index contributed by atoms with van der Waals surface area (Å²) in [5, 5.41) is 0. The van der Waals surface area contributed by atoms with Crippen molar-refractivity contribution >= 4 is 0 Å². The van der Waals surface area contributed by atoms with Gasteiger partial charge in [-0.15, -0.1) is 46.1 Å². The van der Waals surface area contributed by atoms with Crippen LogP contribution in [0.15, 0.2) is 252 Å². The van der Waals surface area contributed by atoms with Gasteiger partial charge >= 0.3 is 0 Å². The fraction of sp³-hybridized carbons (Fsp3) is 0.517. The second-order valence-electron chi connectivity index (χ2n) is 23.4. The summed E-state index contributed by atoms with van der Waals surface area (Å²) in [5.74, 6) is 0. The lowest BCUT2D eigenvalue weighted by Crippen LogP contribution is -1.85. The SMILES string of the molecule is C=CC/C(C)=C(/C)CCC(C)=CC.C=CCC(C)=CCCC(C)=CC.C=CCC=C(C)CCC(C)=CC.C=CCC=C(C)CCC=C(C)C.C=CCC=C(CC)CCC=C(C)C.C=CCC=C(CC)CCC=C(C)CC.C=CCC=CCCC(C)=CC. The molecule has 0 heterocycles. The smallest absolute Gasteiger partial charge is 0.0142 e. The van der Waals surface area contributed by atoms with Gasteiger partial charge in [0.15, 0.2) is 0 Å². The van der Waals surface area contributed by atoms with E-state index in [1.807, 2.05) is 42.5 Å². The fourth-order valence-corrected chi connectivity index (χ4v) is 7.34. The zero-order valence-electron chi connectivity index (χ0n) is 62.0. The molecule has 0 nitrogen and oxygen atoms in total. The van der Waals surface area contributed by atoms with Crippen molar-refractivity contribution in [3.63, 3.8) is 0 Å². The average Bonchev–Trinajstić information content (AvgIpc) is 3.53. The Bertz CT molecular complexity index is 2180. The average molecular weight is 1190 g/mol. The zero-order chi connectivity index (χ0) is 67.9. The van der Waals surface area contributed by atoms with Crippen LogP contribution in [0.5, 0.6) is 0 Å². The molecular formula is C87H146. The zero-order valence-corrected chi connectivity index (χ0v) is 62.0. The molecule has 0 radical (unpaired) electrons. The van der Waals surface area contributed by atoms with Crippen LogP contribution in [0.4, 0.5) is 0 Å². The maximum absolute atomic E-state index is 3.75. The maximum atomic E-state index is 3.75. The minimum Gasteiger partial charge on any atom is -0.103 e. The van der Waals surface area contributed by atoms with Crippen molar-refractivity contribution in [1.29, 1.82) is 0 Å². The molecule has 0 aliphatic carbocycles. The Morgan fingerprint density at radius 1 is 0.253 bits per heavy atom. The van der Waals surface area contributed by atoms with Crippen LogP contribution in [0.2, 0.25) is 0 Å². The topological polar surface area (TPSA) is 0 Å². The van der Waals surface area contributed by atoms with Crippen LogP contribution in [0.25, 0.3) is 0 Å². The molecule has 0 saturated heterocycles. The Morgan fingerprint density at radius 3 is 0.977 bits per heavy atom. The largest absolute Gasteiger partial charge is 0.103 e. The van der Waals surface area contributed by atoms with Gasteiger partial charge < -0.3 is 0 Å². The van der Waals surface area contributed by atoms with E-state index in [2.05, 4.69) is 277 Å². The van der Waals surface area contributed by atoms with Gasteiger partial charge in [-0.2, -0.15) is 0 Å². The standard InChI is InChI=1S/C14H24.2C13H22.3C12H20.C11H18/c1-5-8-11-14(7-3)12-9-10-13(4)6-2;1-6-8-12(4)13(5)10-9-11(3)7-2;1-5-7-10-13(6-2)11-8-9-12(3)4;1-5-6-9-12(4)10-7-8-11(2)3;1-5-8-12(4)10-7-9-11(3)6-2;1-5-7-8-12(4)10-9-11(3)6-2;1-4-6-7-8-9-10-11(3)5-2/h5,10-11H,1,6-9,12H2,2-4H3;6-7H,1,8-10H2,2-5H3;5,9-10H,1,6-8,11H2,2-4H3;5,8-9H,1,6-7,10H2,2-4H3;5-6,10H,1,7-9H2,2-4H3;5-6,8H,1,7,9-10H2,2-4H3;4-5,7-8H,1,6,9-10H2,2-3H3/b;11-7?,13-12-;;;;;. The molecule has 0 aliphatic heterocycles. The fourth-order valence-electron chi connectivity index (χ4n) is 7.34.